The number of fused-ring (bicyclic) bond motifs is 1. The van der Waals surface area contributed by atoms with Gasteiger partial charge in [0.1, 0.15) is 5.75 Å². The summed E-state index contributed by atoms with van der Waals surface area (Å²) in [5.41, 5.74) is 11.1. The first kappa shape index (κ1) is 23.3. The minimum absolute atomic E-state index is 0.162. The topological polar surface area (TPSA) is 117 Å². The van der Waals surface area contributed by atoms with Crippen molar-refractivity contribution >= 4 is 44.4 Å². The van der Waals surface area contributed by atoms with Crippen LogP contribution in [0.1, 0.15) is 21.6 Å². The lowest BCUT2D eigenvalue weighted by molar-refractivity contribution is -0.191. The van der Waals surface area contributed by atoms with Gasteiger partial charge >= 0.3 is 16.6 Å². The summed E-state index contributed by atoms with van der Waals surface area (Å²) < 4.78 is 49.0. The van der Waals surface area contributed by atoms with Gasteiger partial charge in [-0.25, -0.2) is 0 Å². The first-order chi connectivity index (χ1) is 14.9. The Kier molecular flexibility index (Phi) is 6.05. The van der Waals surface area contributed by atoms with Gasteiger partial charge in [-0.15, -0.1) is 0 Å². The molecular formula is C21H17BrF3N3O4. The highest BCUT2D eigenvalue weighted by atomic mass is 79.9. The second-order valence-electron chi connectivity index (χ2n) is 6.94. The van der Waals surface area contributed by atoms with Crippen molar-refractivity contribution in [1.29, 1.82) is 0 Å². The molecule has 3 aromatic rings. The van der Waals surface area contributed by atoms with E-state index in [1.807, 2.05) is 18.2 Å². The molecule has 3 rings (SSSR count). The van der Waals surface area contributed by atoms with Crippen LogP contribution in [0.3, 0.4) is 0 Å². The molecule has 0 spiro atoms. The van der Waals surface area contributed by atoms with Gasteiger partial charge in [0.15, 0.2) is 0 Å². The molecule has 1 aromatic heterocycles. The van der Waals surface area contributed by atoms with Crippen molar-refractivity contribution in [3.05, 3.63) is 65.4 Å². The Morgan fingerprint density at radius 3 is 2.19 bits per heavy atom. The van der Waals surface area contributed by atoms with Crippen molar-refractivity contribution in [3.63, 3.8) is 0 Å². The SMILES string of the molecule is Cc1c(C(=O)C(N)=O)c2c(OC(F)(C(N)=O)C(F)(F)Br)cccc2n1Cc1ccccc1. The van der Waals surface area contributed by atoms with Crippen molar-refractivity contribution < 1.29 is 32.3 Å². The highest BCUT2D eigenvalue weighted by molar-refractivity contribution is 9.10. The van der Waals surface area contributed by atoms with Crippen molar-refractivity contribution in [1.82, 2.24) is 4.57 Å². The molecule has 1 heterocycles. The summed E-state index contributed by atoms with van der Waals surface area (Å²) in [7, 11) is 0. The molecule has 2 amide bonds. The molecule has 0 radical (unpaired) electrons. The molecule has 0 saturated carbocycles. The number of nitrogens with two attached hydrogens (primary N) is 2. The second-order valence-corrected chi connectivity index (χ2v) is 7.93. The molecule has 0 fully saturated rings. The molecule has 0 aliphatic heterocycles. The van der Waals surface area contributed by atoms with Crippen molar-refractivity contribution in [2.24, 2.45) is 11.5 Å². The number of alkyl halides is 4. The third kappa shape index (κ3) is 3.95. The number of halogens is 4. The molecule has 0 saturated heterocycles. The zero-order valence-electron chi connectivity index (χ0n) is 16.6. The van der Waals surface area contributed by atoms with Crippen LogP contribution in [0.2, 0.25) is 0 Å². The monoisotopic (exact) mass is 511 g/mol. The number of aromatic nitrogens is 1. The van der Waals surface area contributed by atoms with E-state index in [2.05, 4.69) is 0 Å². The van der Waals surface area contributed by atoms with Crippen LogP contribution in [0.25, 0.3) is 10.9 Å². The Balaban J connectivity index is 2.30. The summed E-state index contributed by atoms with van der Waals surface area (Å²) in [6.07, 6.45) is 0. The number of carbonyl (C=O) groups is 3. The molecule has 32 heavy (non-hydrogen) atoms. The number of rotatable bonds is 8. The van der Waals surface area contributed by atoms with Gasteiger partial charge in [0.2, 0.25) is 0 Å². The molecule has 4 N–H and O–H groups in total. The van der Waals surface area contributed by atoms with Gasteiger partial charge in [0, 0.05) is 12.2 Å². The largest absolute Gasteiger partial charge is 0.444 e. The average Bonchev–Trinajstić information content (AvgIpc) is 2.99. The van der Waals surface area contributed by atoms with Gasteiger partial charge in [-0.2, -0.15) is 13.2 Å². The second kappa shape index (κ2) is 8.30. The number of ketones is 1. The predicted molar refractivity (Wildman–Crippen MR) is 113 cm³/mol. The van der Waals surface area contributed by atoms with E-state index in [-0.39, 0.29) is 28.7 Å². The van der Waals surface area contributed by atoms with Gasteiger partial charge < -0.3 is 20.8 Å². The highest BCUT2D eigenvalue weighted by Crippen LogP contribution is 2.43. The van der Waals surface area contributed by atoms with E-state index < -0.39 is 34.0 Å². The molecule has 0 aliphatic rings. The van der Waals surface area contributed by atoms with E-state index >= 15 is 0 Å². The zero-order chi connectivity index (χ0) is 23.8. The molecule has 11 heteroatoms. The number of amides is 2. The molecule has 0 bridgehead atoms. The Morgan fingerprint density at radius 2 is 1.66 bits per heavy atom. The number of primary amides is 2. The van der Waals surface area contributed by atoms with Crippen LogP contribution in [0, 0.1) is 6.92 Å². The summed E-state index contributed by atoms with van der Waals surface area (Å²) in [4.78, 5) is 31.3. The maximum atomic E-state index is 14.9. The minimum atomic E-state index is -4.50. The Labute approximate surface area is 188 Å². The van der Waals surface area contributed by atoms with Crippen LogP contribution in [-0.2, 0) is 16.1 Å². The number of hydrogen-bond donors (Lipinski definition) is 2. The quantitative estimate of drug-likeness (QED) is 0.274. The summed E-state index contributed by atoms with van der Waals surface area (Å²) in [6.45, 7) is 1.74. The average molecular weight is 512 g/mol. The maximum absolute atomic E-state index is 14.9. The zero-order valence-corrected chi connectivity index (χ0v) is 18.2. The third-order valence-corrected chi connectivity index (χ3v) is 5.39. The van der Waals surface area contributed by atoms with Crippen LogP contribution < -0.4 is 16.2 Å². The van der Waals surface area contributed by atoms with Crippen LogP contribution in [0.5, 0.6) is 5.75 Å². The third-order valence-electron chi connectivity index (χ3n) is 4.88. The molecule has 7 nitrogen and oxygen atoms in total. The Morgan fingerprint density at radius 1 is 1.03 bits per heavy atom. The van der Waals surface area contributed by atoms with Crippen LogP contribution in [-0.4, -0.2) is 32.9 Å². The molecule has 2 aromatic carbocycles. The Bertz CT molecular complexity index is 1220. The van der Waals surface area contributed by atoms with E-state index in [1.165, 1.54) is 19.1 Å². The van der Waals surface area contributed by atoms with Crippen molar-refractivity contribution in [2.45, 2.75) is 24.2 Å². The minimum Gasteiger partial charge on any atom is -0.444 e. The molecule has 1 atom stereocenters. The van der Waals surface area contributed by atoms with Crippen molar-refractivity contribution in [2.75, 3.05) is 0 Å². The maximum Gasteiger partial charge on any atom is 0.400 e. The normalized spacial score (nSPS) is 13.5. The fourth-order valence-corrected chi connectivity index (χ4v) is 3.62. The highest BCUT2D eigenvalue weighted by Gasteiger charge is 2.61. The van der Waals surface area contributed by atoms with E-state index in [0.717, 1.165) is 11.6 Å². The smallest absolute Gasteiger partial charge is 0.400 e. The van der Waals surface area contributed by atoms with Crippen molar-refractivity contribution in [3.8, 4) is 5.75 Å². The number of Topliss-reactive ketones (excluding diaryl/α,β-unsaturated/α-hetero) is 1. The molecule has 168 valence electrons. The van der Waals surface area contributed by atoms with E-state index in [1.54, 1.807) is 32.6 Å². The van der Waals surface area contributed by atoms with E-state index in [9.17, 15) is 27.6 Å². The predicted octanol–water partition coefficient (Wildman–Crippen LogP) is 3.18. The fourth-order valence-electron chi connectivity index (χ4n) is 3.35. The Hall–Kier alpha value is -3.34. The fraction of sp³-hybridized carbons (Fsp3) is 0.190. The number of benzene rings is 2. The lowest BCUT2D eigenvalue weighted by Crippen LogP contribution is -2.55. The summed E-state index contributed by atoms with van der Waals surface area (Å²) in [6, 6.07) is 13.0. The summed E-state index contributed by atoms with van der Waals surface area (Å²) in [5, 5.41) is -0.162. The summed E-state index contributed by atoms with van der Waals surface area (Å²) >= 11 is 1.78. The lowest BCUT2D eigenvalue weighted by atomic mass is 10.1. The van der Waals surface area contributed by atoms with Gasteiger partial charge in [0.25, 0.3) is 11.7 Å². The summed E-state index contributed by atoms with van der Waals surface area (Å²) in [5.74, 6) is -9.43. The van der Waals surface area contributed by atoms with Crippen LogP contribution >= 0.6 is 15.9 Å². The number of nitrogens with zero attached hydrogens (tertiary/aromatic N) is 1. The van der Waals surface area contributed by atoms with Gasteiger partial charge in [-0.05, 0) is 40.5 Å². The van der Waals surface area contributed by atoms with Crippen LogP contribution in [0.15, 0.2) is 48.5 Å². The molecular weight excluding hydrogens is 495 g/mol. The van der Waals surface area contributed by atoms with E-state index in [4.69, 9.17) is 16.2 Å². The first-order valence-corrected chi connectivity index (χ1v) is 9.92. The van der Waals surface area contributed by atoms with Gasteiger partial charge in [-0.1, -0.05) is 36.4 Å². The number of carbonyl (C=O) groups excluding carboxylic acids is 3. The van der Waals surface area contributed by atoms with Gasteiger partial charge in [0.05, 0.1) is 16.5 Å². The number of ether oxygens (including phenoxy) is 1. The first-order valence-electron chi connectivity index (χ1n) is 9.13. The lowest BCUT2D eigenvalue weighted by Gasteiger charge is -2.27. The molecule has 0 aliphatic carbocycles. The van der Waals surface area contributed by atoms with Crippen LogP contribution in [0.4, 0.5) is 13.2 Å². The number of hydrogen-bond acceptors (Lipinski definition) is 4. The van der Waals surface area contributed by atoms with Gasteiger partial charge in [-0.3, -0.25) is 14.4 Å². The molecule has 1 unspecified atom stereocenters. The standard InChI is InChI=1S/C21H17BrF3N3O4/c1-11-15(17(29)18(26)30)16-13(28(11)10-12-6-3-2-4-7-12)8-5-9-14(16)32-20(23,19(27)31)21(22,24)25/h2-9H,10H2,1H3,(H2,26,30)(H2,27,31). The van der Waals surface area contributed by atoms with E-state index in [0.29, 0.717) is 0 Å².